The average molecular weight is 323 g/mol. The molecule has 0 heterocycles. The minimum absolute atomic E-state index is 0.00683. The molecule has 3 heteroatoms. The van der Waals surface area contributed by atoms with Gasteiger partial charge >= 0.3 is 0 Å². The summed E-state index contributed by atoms with van der Waals surface area (Å²) in [5.41, 5.74) is 8.43. The fourth-order valence-corrected chi connectivity index (χ4v) is 3.44. The number of anilines is 1. The van der Waals surface area contributed by atoms with Gasteiger partial charge in [-0.2, -0.15) is 0 Å². The predicted molar refractivity (Wildman–Crippen MR) is 97.5 cm³/mol. The van der Waals surface area contributed by atoms with E-state index in [-0.39, 0.29) is 5.78 Å². The largest absolute Gasteiger partial charge is 0.482 e. The Hall–Kier alpha value is -2.29. The van der Waals surface area contributed by atoms with Gasteiger partial charge in [0.25, 0.3) is 0 Å². The maximum absolute atomic E-state index is 12.6. The first kappa shape index (κ1) is 16.6. The van der Waals surface area contributed by atoms with E-state index in [1.54, 1.807) is 19.1 Å². The van der Waals surface area contributed by atoms with Gasteiger partial charge in [0.1, 0.15) is 5.75 Å². The van der Waals surface area contributed by atoms with Gasteiger partial charge in [0.2, 0.25) is 5.78 Å². The molecule has 0 radical (unpaired) electrons. The first-order chi connectivity index (χ1) is 11.6. The second-order valence-electron chi connectivity index (χ2n) is 6.65. The van der Waals surface area contributed by atoms with Crippen molar-refractivity contribution in [2.75, 3.05) is 5.73 Å². The number of nitrogen functional groups attached to an aromatic ring is 1. The Kier molecular flexibility index (Phi) is 5.19. The number of benzene rings is 2. The van der Waals surface area contributed by atoms with Crippen LogP contribution in [0.5, 0.6) is 5.75 Å². The monoisotopic (exact) mass is 323 g/mol. The third kappa shape index (κ3) is 3.97. The lowest BCUT2D eigenvalue weighted by atomic mass is 9.84. The normalized spacial score (nSPS) is 16.5. The highest BCUT2D eigenvalue weighted by Gasteiger charge is 2.19. The van der Waals surface area contributed by atoms with Crippen LogP contribution in [0.25, 0.3) is 0 Å². The molecule has 126 valence electrons. The number of carbonyl (C=O) groups excluding carboxylic acids is 1. The van der Waals surface area contributed by atoms with Crippen LogP contribution in [0, 0.1) is 0 Å². The highest BCUT2D eigenvalue weighted by Crippen LogP contribution is 2.32. The van der Waals surface area contributed by atoms with Gasteiger partial charge in [0.05, 0.1) is 0 Å². The van der Waals surface area contributed by atoms with Crippen molar-refractivity contribution in [1.82, 2.24) is 0 Å². The van der Waals surface area contributed by atoms with Crippen LogP contribution >= 0.6 is 0 Å². The molecular weight excluding hydrogens is 298 g/mol. The van der Waals surface area contributed by atoms with Gasteiger partial charge in [-0.1, -0.05) is 49.6 Å². The molecule has 1 aliphatic carbocycles. The summed E-state index contributed by atoms with van der Waals surface area (Å²) in [4.78, 5) is 12.6. The van der Waals surface area contributed by atoms with Gasteiger partial charge in [-0.05, 0) is 43.4 Å². The number of ether oxygens (including phenoxy) is 1. The van der Waals surface area contributed by atoms with E-state index in [0.717, 1.165) is 0 Å². The van der Waals surface area contributed by atoms with E-state index < -0.39 is 6.10 Å². The average Bonchev–Trinajstić information content (AvgIpc) is 2.62. The molecule has 3 nitrogen and oxygen atoms in total. The highest BCUT2D eigenvalue weighted by molar-refractivity contribution is 5.99. The van der Waals surface area contributed by atoms with Gasteiger partial charge in [0.15, 0.2) is 6.10 Å². The Bertz CT molecular complexity index is 687. The second kappa shape index (κ2) is 7.52. The van der Waals surface area contributed by atoms with Crippen LogP contribution in [0.3, 0.4) is 0 Å². The van der Waals surface area contributed by atoms with Gasteiger partial charge in [0, 0.05) is 17.3 Å². The SMILES string of the molecule is CC(Oc1cccc(N)c1)C(=O)c1ccc(C2CCCCC2)cc1. The molecule has 1 fully saturated rings. The molecule has 1 atom stereocenters. The third-order valence-corrected chi connectivity index (χ3v) is 4.81. The van der Waals surface area contributed by atoms with Crippen LogP contribution in [0.4, 0.5) is 5.69 Å². The van der Waals surface area contributed by atoms with Crippen molar-refractivity contribution < 1.29 is 9.53 Å². The molecule has 0 aromatic heterocycles. The Labute approximate surface area is 143 Å². The molecule has 0 amide bonds. The standard InChI is InChI=1S/C21H25NO2/c1-15(24-20-9-5-8-19(22)14-20)21(23)18-12-10-17(11-13-18)16-6-3-2-4-7-16/h5,8-16H,2-4,6-7,22H2,1H3. The van der Waals surface area contributed by atoms with E-state index in [2.05, 4.69) is 12.1 Å². The van der Waals surface area contributed by atoms with E-state index in [9.17, 15) is 4.79 Å². The van der Waals surface area contributed by atoms with Crippen LogP contribution in [-0.2, 0) is 0 Å². The van der Waals surface area contributed by atoms with E-state index >= 15 is 0 Å². The summed E-state index contributed by atoms with van der Waals surface area (Å²) in [5.74, 6) is 1.27. The molecule has 1 unspecified atom stereocenters. The quantitative estimate of drug-likeness (QED) is 0.624. The molecule has 0 aliphatic heterocycles. The van der Waals surface area contributed by atoms with E-state index in [1.807, 2.05) is 24.3 Å². The van der Waals surface area contributed by atoms with E-state index in [4.69, 9.17) is 10.5 Å². The van der Waals surface area contributed by atoms with Crippen LogP contribution in [-0.4, -0.2) is 11.9 Å². The van der Waals surface area contributed by atoms with Crippen LogP contribution in [0.1, 0.15) is 60.9 Å². The smallest absolute Gasteiger partial charge is 0.202 e. The number of hydrogen-bond acceptors (Lipinski definition) is 3. The Morgan fingerprint density at radius 1 is 1.08 bits per heavy atom. The fraction of sp³-hybridized carbons (Fsp3) is 0.381. The van der Waals surface area contributed by atoms with Crippen LogP contribution in [0.15, 0.2) is 48.5 Å². The van der Waals surface area contributed by atoms with E-state index in [0.29, 0.717) is 22.9 Å². The minimum Gasteiger partial charge on any atom is -0.482 e. The zero-order valence-corrected chi connectivity index (χ0v) is 14.2. The second-order valence-corrected chi connectivity index (χ2v) is 6.65. The van der Waals surface area contributed by atoms with Crippen LogP contribution in [0.2, 0.25) is 0 Å². The fourth-order valence-electron chi connectivity index (χ4n) is 3.44. The molecule has 2 aromatic rings. The summed E-state index contributed by atoms with van der Waals surface area (Å²) in [5, 5.41) is 0. The first-order valence-electron chi connectivity index (χ1n) is 8.80. The van der Waals surface area contributed by atoms with Crippen LogP contribution < -0.4 is 10.5 Å². The van der Waals surface area contributed by atoms with E-state index in [1.165, 1.54) is 37.7 Å². The predicted octanol–water partition coefficient (Wildman–Crippen LogP) is 4.97. The lowest BCUT2D eigenvalue weighted by Crippen LogP contribution is -2.24. The molecule has 3 rings (SSSR count). The molecule has 2 aromatic carbocycles. The molecule has 0 bridgehead atoms. The molecule has 1 saturated carbocycles. The topological polar surface area (TPSA) is 52.3 Å². The van der Waals surface area contributed by atoms with Gasteiger partial charge in [-0.25, -0.2) is 0 Å². The van der Waals surface area contributed by atoms with Crippen molar-refractivity contribution in [3.05, 3.63) is 59.7 Å². The van der Waals surface area contributed by atoms with Crippen molar-refractivity contribution in [3.8, 4) is 5.75 Å². The zero-order chi connectivity index (χ0) is 16.9. The molecule has 1 aliphatic rings. The molecule has 0 saturated heterocycles. The molecule has 24 heavy (non-hydrogen) atoms. The third-order valence-electron chi connectivity index (χ3n) is 4.81. The summed E-state index contributed by atoms with van der Waals surface area (Å²) in [6, 6.07) is 15.2. The summed E-state index contributed by atoms with van der Waals surface area (Å²) in [6.07, 6.45) is 5.98. The van der Waals surface area contributed by atoms with Crippen molar-refractivity contribution in [2.24, 2.45) is 0 Å². The Morgan fingerprint density at radius 3 is 2.46 bits per heavy atom. The first-order valence-corrected chi connectivity index (χ1v) is 8.80. The molecule has 0 spiro atoms. The highest BCUT2D eigenvalue weighted by atomic mass is 16.5. The lowest BCUT2D eigenvalue weighted by Gasteiger charge is -2.22. The van der Waals surface area contributed by atoms with Crippen molar-refractivity contribution >= 4 is 11.5 Å². The molecular formula is C21H25NO2. The summed E-state index contributed by atoms with van der Waals surface area (Å²) < 4.78 is 5.73. The number of ketones is 1. The lowest BCUT2D eigenvalue weighted by molar-refractivity contribution is 0.0818. The van der Waals surface area contributed by atoms with Crippen molar-refractivity contribution in [1.29, 1.82) is 0 Å². The van der Waals surface area contributed by atoms with Crippen molar-refractivity contribution in [3.63, 3.8) is 0 Å². The van der Waals surface area contributed by atoms with Gasteiger partial charge in [-0.15, -0.1) is 0 Å². The number of carbonyl (C=O) groups is 1. The molecule has 2 N–H and O–H groups in total. The maximum atomic E-state index is 12.6. The van der Waals surface area contributed by atoms with Crippen molar-refractivity contribution in [2.45, 2.75) is 51.0 Å². The number of hydrogen-bond donors (Lipinski definition) is 1. The number of rotatable bonds is 5. The Morgan fingerprint density at radius 2 is 1.79 bits per heavy atom. The number of Topliss-reactive ketones (excluding diaryl/α,β-unsaturated/α-hetero) is 1. The Balaban J connectivity index is 1.65. The van der Waals surface area contributed by atoms with Gasteiger partial charge < -0.3 is 10.5 Å². The zero-order valence-electron chi connectivity index (χ0n) is 14.2. The summed E-state index contributed by atoms with van der Waals surface area (Å²) in [6.45, 7) is 1.78. The van der Waals surface area contributed by atoms with Gasteiger partial charge in [-0.3, -0.25) is 4.79 Å². The summed E-state index contributed by atoms with van der Waals surface area (Å²) in [7, 11) is 0. The number of nitrogens with two attached hydrogens (primary N) is 1. The minimum atomic E-state index is -0.535. The summed E-state index contributed by atoms with van der Waals surface area (Å²) >= 11 is 0. The maximum Gasteiger partial charge on any atom is 0.202 e.